The average molecular weight is 411 g/mol. The van der Waals surface area contributed by atoms with E-state index in [4.69, 9.17) is 4.74 Å². The molecule has 150 valence electrons. The molecule has 0 saturated carbocycles. The highest BCUT2D eigenvalue weighted by atomic mass is 32.2. The first kappa shape index (κ1) is 20.7. The molecule has 0 aromatic heterocycles. The highest BCUT2D eigenvalue weighted by Crippen LogP contribution is 2.35. The Morgan fingerprint density at radius 3 is 2.28 bits per heavy atom. The van der Waals surface area contributed by atoms with Gasteiger partial charge in [0.15, 0.2) is 0 Å². The molecule has 1 N–H and O–H groups in total. The Labute approximate surface area is 173 Å². The number of carboxylic acids is 1. The van der Waals surface area contributed by atoms with Crippen molar-refractivity contribution in [2.45, 2.75) is 26.3 Å². The Kier molecular flexibility index (Phi) is 6.39. The number of carbonyl (C=O) groups excluding carboxylic acids is 2. The number of carbonyl (C=O) groups is 3. The molecule has 6 nitrogen and oxygen atoms in total. The number of rotatable bonds is 7. The van der Waals surface area contributed by atoms with Crippen molar-refractivity contribution < 1.29 is 24.2 Å². The zero-order chi connectivity index (χ0) is 21.0. The second kappa shape index (κ2) is 8.96. The molecule has 0 bridgehead atoms. The molecule has 1 aliphatic heterocycles. The maximum atomic E-state index is 12.7. The van der Waals surface area contributed by atoms with Gasteiger partial charge in [-0.15, -0.1) is 0 Å². The van der Waals surface area contributed by atoms with Gasteiger partial charge < -0.3 is 9.84 Å². The molecule has 2 aromatic rings. The smallest absolute Gasteiger partial charge is 0.326 e. The number of hydrogen-bond donors (Lipinski definition) is 1. The molecule has 2 amide bonds. The number of amides is 2. The summed E-state index contributed by atoms with van der Waals surface area (Å²) in [6.45, 7) is 3.70. The Morgan fingerprint density at radius 2 is 1.69 bits per heavy atom. The molecule has 3 rings (SSSR count). The van der Waals surface area contributed by atoms with Crippen molar-refractivity contribution in [3.63, 3.8) is 0 Å². The first-order valence-corrected chi connectivity index (χ1v) is 9.99. The molecule has 0 radical (unpaired) electrons. The Hall–Kier alpha value is -3.06. The summed E-state index contributed by atoms with van der Waals surface area (Å²) in [5.74, 6) is -0.357. The molecule has 2 aromatic carbocycles. The van der Waals surface area contributed by atoms with Crippen molar-refractivity contribution in [3.8, 4) is 11.5 Å². The molecule has 1 fully saturated rings. The zero-order valence-corrected chi connectivity index (χ0v) is 16.9. The number of carboxylic acid groups (broad SMARTS) is 1. The fraction of sp³-hybridized carbons (Fsp3) is 0.227. The lowest BCUT2D eigenvalue weighted by molar-refractivity contribution is -0.146. The second-order valence-corrected chi connectivity index (χ2v) is 8.01. The molecule has 0 spiro atoms. The first-order valence-electron chi connectivity index (χ1n) is 9.18. The minimum absolute atomic E-state index is 0.0342. The summed E-state index contributed by atoms with van der Waals surface area (Å²) in [6, 6.07) is 15.3. The molecule has 1 atom stereocenters. The van der Waals surface area contributed by atoms with Crippen LogP contribution in [0.25, 0.3) is 6.08 Å². The van der Waals surface area contributed by atoms with Crippen LogP contribution in [0.15, 0.2) is 59.5 Å². The minimum Gasteiger partial charge on any atom is -0.480 e. The van der Waals surface area contributed by atoms with E-state index in [1.165, 1.54) is 0 Å². The lowest BCUT2D eigenvalue weighted by Gasteiger charge is -2.22. The predicted octanol–water partition coefficient (Wildman–Crippen LogP) is 5.01. The summed E-state index contributed by atoms with van der Waals surface area (Å²) in [5.41, 5.74) is 0.714. The molecular weight excluding hydrogens is 390 g/mol. The van der Waals surface area contributed by atoms with E-state index in [2.05, 4.69) is 0 Å². The number of imide groups is 1. The molecule has 29 heavy (non-hydrogen) atoms. The lowest BCUT2D eigenvalue weighted by Crippen LogP contribution is -2.44. The summed E-state index contributed by atoms with van der Waals surface area (Å²) in [7, 11) is 0. The van der Waals surface area contributed by atoms with Crippen LogP contribution in [0.5, 0.6) is 11.5 Å². The largest absolute Gasteiger partial charge is 0.480 e. The van der Waals surface area contributed by atoms with Gasteiger partial charge in [-0.2, -0.15) is 0 Å². The highest BCUT2D eigenvalue weighted by molar-refractivity contribution is 8.18. The normalized spacial score (nSPS) is 16.5. The summed E-state index contributed by atoms with van der Waals surface area (Å²) < 4.78 is 5.73. The van der Waals surface area contributed by atoms with Crippen molar-refractivity contribution in [2.75, 3.05) is 0 Å². The van der Waals surface area contributed by atoms with E-state index in [0.717, 1.165) is 16.7 Å². The SMILES string of the molecule is CC(C)C[C@@H](C(=O)O)N1C(=O)S/C(=C\c2ccc(Oc3ccccc3)cc2)C1=O. The summed E-state index contributed by atoms with van der Waals surface area (Å²) in [5, 5.41) is 8.90. The van der Waals surface area contributed by atoms with Gasteiger partial charge >= 0.3 is 5.97 Å². The summed E-state index contributed by atoms with van der Waals surface area (Å²) in [6.07, 6.45) is 1.80. The monoisotopic (exact) mass is 411 g/mol. The average Bonchev–Trinajstić information content (AvgIpc) is 2.95. The molecule has 0 aliphatic carbocycles. The van der Waals surface area contributed by atoms with E-state index >= 15 is 0 Å². The van der Waals surface area contributed by atoms with Crippen LogP contribution in [0.4, 0.5) is 4.79 Å². The van der Waals surface area contributed by atoms with Crippen molar-refractivity contribution in [2.24, 2.45) is 5.92 Å². The fourth-order valence-corrected chi connectivity index (χ4v) is 3.80. The van der Waals surface area contributed by atoms with Crippen LogP contribution < -0.4 is 4.74 Å². The van der Waals surface area contributed by atoms with E-state index in [1.807, 2.05) is 44.2 Å². The number of ether oxygens (including phenoxy) is 1. The van der Waals surface area contributed by atoms with Crippen LogP contribution in [0.2, 0.25) is 0 Å². The Bertz CT molecular complexity index is 937. The number of nitrogens with zero attached hydrogens (tertiary/aromatic N) is 1. The maximum Gasteiger partial charge on any atom is 0.326 e. The molecule has 1 aliphatic rings. The fourth-order valence-electron chi connectivity index (χ4n) is 2.92. The van der Waals surface area contributed by atoms with Crippen LogP contribution in [-0.2, 0) is 9.59 Å². The van der Waals surface area contributed by atoms with Crippen LogP contribution in [0.1, 0.15) is 25.8 Å². The first-order chi connectivity index (χ1) is 13.8. The van der Waals surface area contributed by atoms with Crippen molar-refractivity contribution >= 4 is 35.0 Å². The van der Waals surface area contributed by atoms with E-state index in [0.29, 0.717) is 17.1 Å². The Balaban J connectivity index is 1.76. The lowest BCUT2D eigenvalue weighted by atomic mass is 10.0. The predicted molar refractivity (Wildman–Crippen MR) is 112 cm³/mol. The third-order valence-corrected chi connectivity index (χ3v) is 5.16. The molecule has 1 heterocycles. The second-order valence-electron chi connectivity index (χ2n) is 7.02. The molecule has 0 unspecified atom stereocenters. The van der Waals surface area contributed by atoms with Crippen molar-refractivity contribution in [3.05, 3.63) is 65.1 Å². The van der Waals surface area contributed by atoms with E-state index < -0.39 is 23.2 Å². The van der Waals surface area contributed by atoms with Crippen LogP contribution in [0.3, 0.4) is 0 Å². The summed E-state index contributed by atoms with van der Waals surface area (Å²) in [4.78, 5) is 37.6. The van der Waals surface area contributed by atoms with Gasteiger partial charge in [0.25, 0.3) is 11.1 Å². The topological polar surface area (TPSA) is 83.9 Å². The van der Waals surface area contributed by atoms with Gasteiger partial charge in [-0.05, 0) is 60.0 Å². The molecule has 7 heteroatoms. The quantitative estimate of drug-likeness (QED) is 0.645. The van der Waals surface area contributed by atoms with Gasteiger partial charge in [-0.3, -0.25) is 14.5 Å². The highest BCUT2D eigenvalue weighted by Gasteiger charge is 2.43. The van der Waals surface area contributed by atoms with Gasteiger partial charge in [0.05, 0.1) is 4.91 Å². The van der Waals surface area contributed by atoms with Gasteiger partial charge in [0, 0.05) is 0 Å². The molecular formula is C22H21NO5S. The van der Waals surface area contributed by atoms with Crippen molar-refractivity contribution in [1.29, 1.82) is 0 Å². The third kappa shape index (κ3) is 5.06. The van der Waals surface area contributed by atoms with Gasteiger partial charge in [-0.25, -0.2) is 4.79 Å². The number of aliphatic carboxylic acids is 1. The summed E-state index contributed by atoms with van der Waals surface area (Å²) >= 11 is 0.760. The number of para-hydroxylation sites is 1. The number of thioether (sulfide) groups is 1. The van der Waals surface area contributed by atoms with Gasteiger partial charge in [-0.1, -0.05) is 44.2 Å². The standard InChI is InChI=1S/C22H21NO5S/c1-14(2)12-18(21(25)26)23-20(24)19(29-22(23)27)13-15-8-10-17(11-9-15)28-16-6-4-3-5-7-16/h3-11,13-14,18H,12H2,1-2H3,(H,25,26)/b19-13-/t18-/m0/s1. The maximum absolute atomic E-state index is 12.7. The van der Waals surface area contributed by atoms with Gasteiger partial charge in [0.1, 0.15) is 17.5 Å². The van der Waals surface area contributed by atoms with Gasteiger partial charge in [0.2, 0.25) is 0 Å². The molecule has 1 saturated heterocycles. The van der Waals surface area contributed by atoms with E-state index in [1.54, 1.807) is 30.3 Å². The van der Waals surface area contributed by atoms with E-state index in [9.17, 15) is 19.5 Å². The van der Waals surface area contributed by atoms with Crippen molar-refractivity contribution in [1.82, 2.24) is 4.90 Å². The Morgan fingerprint density at radius 1 is 1.07 bits per heavy atom. The number of hydrogen-bond acceptors (Lipinski definition) is 5. The minimum atomic E-state index is -1.18. The zero-order valence-electron chi connectivity index (χ0n) is 16.1. The third-order valence-electron chi connectivity index (χ3n) is 4.27. The van der Waals surface area contributed by atoms with E-state index in [-0.39, 0.29) is 17.2 Å². The number of benzene rings is 2. The van der Waals surface area contributed by atoms with Crippen LogP contribution in [0, 0.1) is 5.92 Å². The van der Waals surface area contributed by atoms with Crippen LogP contribution in [-0.4, -0.2) is 33.2 Å². The van der Waals surface area contributed by atoms with Crippen LogP contribution >= 0.6 is 11.8 Å².